The van der Waals surface area contributed by atoms with Crippen LogP contribution in [0.4, 0.5) is 0 Å². The van der Waals surface area contributed by atoms with Crippen LogP contribution in [0.2, 0.25) is 0 Å². The molecule has 1 atom stereocenters. The van der Waals surface area contributed by atoms with Gasteiger partial charge in [-0.3, -0.25) is 9.78 Å². The van der Waals surface area contributed by atoms with Gasteiger partial charge in [0.2, 0.25) is 0 Å². The van der Waals surface area contributed by atoms with Gasteiger partial charge in [-0.15, -0.1) is 12.4 Å². The maximum atomic E-state index is 13.0. The molecule has 162 valence electrons. The average molecular weight is 430 g/mol. The number of pyridine rings is 1. The van der Waals surface area contributed by atoms with Crippen molar-refractivity contribution in [3.8, 4) is 0 Å². The Bertz CT molecular complexity index is 837. The molecule has 2 aliphatic rings. The lowest BCUT2D eigenvalue weighted by atomic mass is 9.88. The standard InChI is InChI=1S/C24H31N3O2.ClH/c1-19-7-6-13-25-22(19)10-14-26-15-11-24(12-16-26)18-27(17-20(2)29-24)23(28)21-8-4-3-5-9-21;/h3-9,13,20H,10-12,14-18H2,1-2H3;1H. The van der Waals surface area contributed by atoms with Crippen molar-refractivity contribution < 1.29 is 9.53 Å². The van der Waals surface area contributed by atoms with E-state index in [1.807, 2.05) is 47.5 Å². The van der Waals surface area contributed by atoms with Gasteiger partial charge in [0.25, 0.3) is 5.91 Å². The van der Waals surface area contributed by atoms with Gasteiger partial charge in [-0.1, -0.05) is 24.3 Å². The highest BCUT2D eigenvalue weighted by Crippen LogP contribution is 2.33. The minimum atomic E-state index is -0.209. The number of halogens is 1. The predicted molar refractivity (Wildman–Crippen MR) is 121 cm³/mol. The quantitative estimate of drug-likeness (QED) is 0.742. The van der Waals surface area contributed by atoms with Gasteiger partial charge in [0, 0.05) is 50.1 Å². The zero-order valence-electron chi connectivity index (χ0n) is 17.9. The number of hydrogen-bond donors (Lipinski definition) is 0. The highest BCUT2D eigenvalue weighted by Gasteiger charge is 2.43. The number of carbonyl (C=O) groups is 1. The number of aryl methyl sites for hydroxylation is 1. The van der Waals surface area contributed by atoms with Gasteiger partial charge in [0.05, 0.1) is 18.2 Å². The molecule has 6 heteroatoms. The third kappa shape index (κ3) is 5.20. The Balaban J connectivity index is 0.00000256. The Kier molecular flexibility index (Phi) is 7.50. The van der Waals surface area contributed by atoms with Crippen molar-refractivity contribution in [1.29, 1.82) is 0 Å². The number of rotatable bonds is 4. The number of piperidine rings is 1. The van der Waals surface area contributed by atoms with E-state index >= 15 is 0 Å². The summed E-state index contributed by atoms with van der Waals surface area (Å²) in [6.07, 6.45) is 4.87. The molecule has 2 saturated heterocycles. The maximum absolute atomic E-state index is 13.0. The van der Waals surface area contributed by atoms with Gasteiger partial charge in [0.1, 0.15) is 0 Å². The number of ether oxygens (including phenoxy) is 1. The van der Waals surface area contributed by atoms with E-state index in [-0.39, 0.29) is 30.0 Å². The summed E-state index contributed by atoms with van der Waals surface area (Å²) in [4.78, 5) is 22.0. The van der Waals surface area contributed by atoms with Crippen molar-refractivity contribution >= 4 is 18.3 Å². The number of carbonyl (C=O) groups excluding carboxylic acids is 1. The van der Waals surface area contributed by atoms with Crippen LogP contribution in [0.1, 0.15) is 41.4 Å². The van der Waals surface area contributed by atoms with E-state index in [0.717, 1.165) is 44.5 Å². The van der Waals surface area contributed by atoms with Gasteiger partial charge >= 0.3 is 0 Å². The monoisotopic (exact) mass is 429 g/mol. The van der Waals surface area contributed by atoms with Crippen molar-refractivity contribution in [3.63, 3.8) is 0 Å². The first-order valence-electron chi connectivity index (χ1n) is 10.7. The van der Waals surface area contributed by atoms with Crippen molar-refractivity contribution in [1.82, 2.24) is 14.8 Å². The van der Waals surface area contributed by atoms with E-state index in [1.54, 1.807) is 0 Å². The van der Waals surface area contributed by atoms with Gasteiger partial charge in [0.15, 0.2) is 0 Å². The number of amides is 1. The minimum Gasteiger partial charge on any atom is -0.368 e. The lowest BCUT2D eigenvalue weighted by molar-refractivity contribution is -0.161. The summed E-state index contributed by atoms with van der Waals surface area (Å²) >= 11 is 0. The summed E-state index contributed by atoms with van der Waals surface area (Å²) in [5.41, 5.74) is 3.01. The number of hydrogen-bond acceptors (Lipinski definition) is 4. The van der Waals surface area contributed by atoms with Crippen LogP contribution < -0.4 is 0 Å². The van der Waals surface area contributed by atoms with E-state index < -0.39 is 0 Å². The van der Waals surface area contributed by atoms with Crippen molar-refractivity contribution in [2.24, 2.45) is 0 Å². The largest absolute Gasteiger partial charge is 0.368 e. The number of morpholine rings is 1. The second kappa shape index (κ2) is 9.90. The van der Waals surface area contributed by atoms with E-state index in [1.165, 1.54) is 11.3 Å². The summed E-state index contributed by atoms with van der Waals surface area (Å²) in [5.74, 6) is 0.119. The molecule has 0 radical (unpaired) electrons. The summed E-state index contributed by atoms with van der Waals surface area (Å²) in [6.45, 7) is 8.61. The molecule has 1 amide bonds. The average Bonchev–Trinajstić information content (AvgIpc) is 2.74. The lowest BCUT2D eigenvalue weighted by Gasteiger charge is -2.49. The zero-order valence-corrected chi connectivity index (χ0v) is 18.7. The lowest BCUT2D eigenvalue weighted by Crippen LogP contribution is -2.60. The third-order valence-corrected chi connectivity index (χ3v) is 6.27. The van der Waals surface area contributed by atoms with Crippen molar-refractivity contribution in [2.75, 3.05) is 32.7 Å². The molecule has 1 aromatic heterocycles. The van der Waals surface area contributed by atoms with Crippen LogP contribution in [0.15, 0.2) is 48.7 Å². The van der Waals surface area contributed by atoms with E-state index in [4.69, 9.17) is 4.74 Å². The van der Waals surface area contributed by atoms with E-state index in [2.05, 4.69) is 29.8 Å². The van der Waals surface area contributed by atoms with E-state index in [9.17, 15) is 4.79 Å². The molecule has 2 fully saturated rings. The fourth-order valence-electron chi connectivity index (χ4n) is 4.65. The predicted octanol–water partition coefficient (Wildman–Crippen LogP) is 3.75. The van der Waals surface area contributed by atoms with Crippen LogP contribution in [-0.4, -0.2) is 65.1 Å². The Morgan fingerprint density at radius 3 is 2.60 bits per heavy atom. The fourth-order valence-corrected chi connectivity index (χ4v) is 4.65. The number of aromatic nitrogens is 1. The molecular formula is C24H32ClN3O2. The van der Waals surface area contributed by atoms with Gasteiger partial charge < -0.3 is 14.5 Å². The molecule has 4 rings (SSSR count). The Labute approximate surface area is 185 Å². The molecule has 2 aromatic rings. The molecule has 5 nitrogen and oxygen atoms in total. The van der Waals surface area contributed by atoms with Gasteiger partial charge in [-0.25, -0.2) is 0 Å². The third-order valence-electron chi connectivity index (χ3n) is 6.27. The summed E-state index contributed by atoms with van der Waals surface area (Å²) in [7, 11) is 0. The molecule has 0 bridgehead atoms. The molecule has 0 saturated carbocycles. The van der Waals surface area contributed by atoms with Crippen molar-refractivity contribution in [3.05, 3.63) is 65.5 Å². The Morgan fingerprint density at radius 2 is 1.90 bits per heavy atom. The molecule has 1 aromatic carbocycles. The molecule has 0 aliphatic carbocycles. The zero-order chi connectivity index (χ0) is 20.3. The molecule has 0 N–H and O–H groups in total. The van der Waals surface area contributed by atoms with Crippen LogP contribution in [0.3, 0.4) is 0 Å². The number of likely N-dealkylation sites (tertiary alicyclic amines) is 1. The molecule has 1 spiro atoms. The van der Waals surface area contributed by atoms with Gasteiger partial charge in [-0.05, 0) is 50.5 Å². The summed E-state index contributed by atoms with van der Waals surface area (Å²) < 4.78 is 6.43. The molecule has 30 heavy (non-hydrogen) atoms. The van der Waals surface area contributed by atoms with Crippen molar-refractivity contribution in [2.45, 2.75) is 44.8 Å². The minimum absolute atomic E-state index is 0. The first-order valence-corrected chi connectivity index (χ1v) is 10.7. The Morgan fingerprint density at radius 1 is 1.17 bits per heavy atom. The second-order valence-electron chi connectivity index (χ2n) is 8.52. The SMILES string of the molecule is Cc1cccnc1CCN1CCC2(CC1)CN(C(=O)c1ccccc1)CC(C)O2.Cl. The van der Waals surface area contributed by atoms with Crippen LogP contribution in [0.5, 0.6) is 0 Å². The van der Waals surface area contributed by atoms with Crippen LogP contribution in [-0.2, 0) is 11.2 Å². The number of benzene rings is 1. The molecular weight excluding hydrogens is 398 g/mol. The molecule has 1 unspecified atom stereocenters. The highest BCUT2D eigenvalue weighted by molar-refractivity contribution is 5.94. The molecule has 2 aliphatic heterocycles. The first-order chi connectivity index (χ1) is 14.0. The van der Waals surface area contributed by atoms with E-state index in [0.29, 0.717) is 13.1 Å². The van der Waals surface area contributed by atoms with Crippen LogP contribution >= 0.6 is 12.4 Å². The first kappa shape index (κ1) is 22.7. The van der Waals surface area contributed by atoms with Gasteiger partial charge in [-0.2, -0.15) is 0 Å². The Hall–Kier alpha value is -1.95. The van der Waals surface area contributed by atoms with Crippen LogP contribution in [0.25, 0.3) is 0 Å². The molecule has 3 heterocycles. The number of nitrogens with zero attached hydrogens (tertiary/aromatic N) is 3. The summed E-state index contributed by atoms with van der Waals surface area (Å²) in [6, 6.07) is 13.7. The highest BCUT2D eigenvalue weighted by atomic mass is 35.5. The topological polar surface area (TPSA) is 45.7 Å². The fraction of sp³-hybridized carbons (Fsp3) is 0.500. The smallest absolute Gasteiger partial charge is 0.254 e. The maximum Gasteiger partial charge on any atom is 0.254 e. The second-order valence-corrected chi connectivity index (χ2v) is 8.52. The normalized spacial score (nSPS) is 21.3. The summed E-state index contributed by atoms with van der Waals surface area (Å²) in [5, 5.41) is 0. The van der Waals surface area contributed by atoms with Crippen LogP contribution in [0, 0.1) is 6.92 Å².